The second-order valence-corrected chi connectivity index (χ2v) is 5.33. The van der Waals surface area contributed by atoms with Crippen LogP contribution in [0.2, 0.25) is 5.02 Å². The summed E-state index contributed by atoms with van der Waals surface area (Å²) in [5.41, 5.74) is 6.51. The molecule has 5 heteroatoms. The van der Waals surface area contributed by atoms with Crippen molar-refractivity contribution in [3.05, 3.63) is 28.8 Å². The summed E-state index contributed by atoms with van der Waals surface area (Å²) in [6.45, 7) is 0. The molecule has 3 N–H and O–H groups in total. The first kappa shape index (κ1) is 14.2. The second kappa shape index (κ2) is 6.26. The highest BCUT2D eigenvalue weighted by Gasteiger charge is 2.18. The monoisotopic (exact) mass is 283 g/mol. The minimum atomic E-state index is -0.921. The van der Waals surface area contributed by atoms with Crippen LogP contribution in [-0.2, 0) is 4.79 Å². The number of carbonyl (C=O) groups is 1. The van der Waals surface area contributed by atoms with Gasteiger partial charge >= 0.3 is 5.97 Å². The Kier molecular flexibility index (Phi) is 4.66. The SMILES string of the molecule is NC(CC(=O)O)c1ccc(OC2CCCC2)c(Cl)c1. The number of ether oxygens (including phenoxy) is 1. The molecule has 1 aromatic carbocycles. The maximum atomic E-state index is 10.6. The van der Waals surface area contributed by atoms with E-state index in [2.05, 4.69) is 0 Å². The molecule has 1 aliphatic carbocycles. The summed E-state index contributed by atoms with van der Waals surface area (Å²) in [6, 6.07) is 4.71. The van der Waals surface area contributed by atoms with E-state index in [9.17, 15) is 4.79 Å². The third-order valence-corrected chi connectivity index (χ3v) is 3.67. The molecule has 19 heavy (non-hydrogen) atoms. The van der Waals surface area contributed by atoms with Crippen LogP contribution in [0.3, 0.4) is 0 Å². The van der Waals surface area contributed by atoms with E-state index in [1.807, 2.05) is 0 Å². The van der Waals surface area contributed by atoms with Gasteiger partial charge in [0.1, 0.15) is 5.75 Å². The van der Waals surface area contributed by atoms with Gasteiger partial charge < -0.3 is 15.6 Å². The molecule has 104 valence electrons. The molecule has 1 atom stereocenters. The van der Waals surface area contributed by atoms with Gasteiger partial charge in [-0.1, -0.05) is 17.7 Å². The van der Waals surface area contributed by atoms with Crippen LogP contribution < -0.4 is 10.5 Å². The molecule has 2 rings (SSSR count). The molecule has 0 aliphatic heterocycles. The fraction of sp³-hybridized carbons (Fsp3) is 0.500. The van der Waals surface area contributed by atoms with Crippen molar-refractivity contribution in [2.75, 3.05) is 0 Å². The predicted molar refractivity (Wildman–Crippen MR) is 73.5 cm³/mol. The Morgan fingerprint density at radius 2 is 2.16 bits per heavy atom. The lowest BCUT2D eigenvalue weighted by Crippen LogP contribution is -2.15. The molecule has 0 radical (unpaired) electrons. The molecule has 1 fully saturated rings. The van der Waals surface area contributed by atoms with Crippen LogP contribution in [0.25, 0.3) is 0 Å². The van der Waals surface area contributed by atoms with E-state index in [0.717, 1.165) is 12.8 Å². The van der Waals surface area contributed by atoms with Crippen molar-refractivity contribution in [2.24, 2.45) is 5.73 Å². The van der Waals surface area contributed by atoms with Crippen molar-refractivity contribution in [3.63, 3.8) is 0 Å². The summed E-state index contributed by atoms with van der Waals surface area (Å²) >= 11 is 6.16. The van der Waals surface area contributed by atoms with Gasteiger partial charge in [-0.05, 0) is 43.4 Å². The summed E-state index contributed by atoms with van der Waals surface area (Å²) < 4.78 is 5.83. The first-order chi connectivity index (χ1) is 9.06. The topological polar surface area (TPSA) is 72.6 Å². The van der Waals surface area contributed by atoms with E-state index in [0.29, 0.717) is 16.3 Å². The highest BCUT2D eigenvalue weighted by atomic mass is 35.5. The first-order valence-corrected chi connectivity index (χ1v) is 6.87. The average molecular weight is 284 g/mol. The van der Waals surface area contributed by atoms with Crippen LogP contribution >= 0.6 is 11.6 Å². The number of carboxylic acids is 1. The Bertz CT molecular complexity index is 458. The quantitative estimate of drug-likeness (QED) is 0.871. The lowest BCUT2D eigenvalue weighted by Gasteiger charge is -2.16. The Labute approximate surface area is 117 Å². The van der Waals surface area contributed by atoms with Gasteiger partial charge in [-0.2, -0.15) is 0 Å². The zero-order valence-electron chi connectivity index (χ0n) is 10.6. The number of halogens is 1. The largest absolute Gasteiger partial charge is 0.489 e. The van der Waals surface area contributed by atoms with Crippen molar-refractivity contribution >= 4 is 17.6 Å². The van der Waals surface area contributed by atoms with Crippen LogP contribution in [0, 0.1) is 0 Å². The molecule has 0 heterocycles. The molecule has 1 aliphatic rings. The second-order valence-electron chi connectivity index (χ2n) is 4.92. The Balaban J connectivity index is 2.05. The summed E-state index contributed by atoms with van der Waals surface area (Å²) in [6.07, 6.45) is 4.66. The van der Waals surface area contributed by atoms with Gasteiger partial charge in [0.25, 0.3) is 0 Å². The normalized spacial score (nSPS) is 17.4. The molecule has 1 unspecified atom stereocenters. The minimum Gasteiger partial charge on any atom is -0.489 e. The first-order valence-electron chi connectivity index (χ1n) is 6.49. The summed E-state index contributed by atoms with van der Waals surface area (Å²) in [5.74, 6) is -0.269. The van der Waals surface area contributed by atoms with Crippen molar-refractivity contribution in [3.8, 4) is 5.75 Å². The number of benzene rings is 1. The Hall–Kier alpha value is -1.26. The number of rotatable bonds is 5. The minimum absolute atomic E-state index is 0.112. The van der Waals surface area contributed by atoms with E-state index < -0.39 is 12.0 Å². The molecule has 4 nitrogen and oxygen atoms in total. The van der Waals surface area contributed by atoms with Crippen molar-refractivity contribution < 1.29 is 14.6 Å². The van der Waals surface area contributed by atoms with E-state index >= 15 is 0 Å². The Morgan fingerprint density at radius 1 is 1.47 bits per heavy atom. The molecule has 0 amide bonds. The molecular formula is C14H18ClNO3. The van der Waals surface area contributed by atoms with Crippen molar-refractivity contribution in [2.45, 2.75) is 44.2 Å². The lowest BCUT2D eigenvalue weighted by atomic mass is 10.0. The van der Waals surface area contributed by atoms with Crippen LogP contribution in [0.5, 0.6) is 5.75 Å². The number of hydrogen-bond donors (Lipinski definition) is 2. The Morgan fingerprint density at radius 3 is 2.74 bits per heavy atom. The van der Waals surface area contributed by atoms with E-state index in [4.69, 9.17) is 27.2 Å². The highest BCUT2D eigenvalue weighted by molar-refractivity contribution is 6.32. The van der Waals surface area contributed by atoms with E-state index in [1.165, 1.54) is 12.8 Å². The van der Waals surface area contributed by atoms with Gasteiger partial charge in [-0.15, -0.1) is 0 Å². The lowest BCUT2D eigenvalue weighted by molar-refractivity contribution is -0.137. The van der Waals surface area contributed by atoms with Gasteiger partial charge in [-0.3, -0.25) is 4.79 Å². The fourth-order valence-electron chi connectivity index (χ4n) is 2.34. The summed E-state index contributed by atoms with van der Waals surface area (Å²) in [4.78, 5) is 10.6. The van der Waals surface area contributed by atoms with E-state index in [-0.39, 0.29) is 12.5 Å². The summed E-state index contributed by atoms with van der Waals surface area (Å²) in [7, 11) is 0. The zero-order valence-corrected chi connectivity index (χ0v) is 11.4. The molecule has 1 saturated carbocycles. The van der Waals surface area contributed by atoms with Crippen LogP contribution in [0.15, 0.2) is 18.2 Å². The third-order valence-electron chi connectivity index (χ3n) is 3.37. The zero-order chi connectivity index (χ0) is 13.8. The highest BCUT2D eigenvalue weighted by Crippen LogP contribution is 2.31. The van der Waals surface area contributed by atoms with Gasteiger partial charge in [0.2, 0.25) is 0 Å². The molecular weight excluding hydrogens is 266 g/mol. The molecule has 0 saturated heterocycles. The molecule has 0 bridgehead atoms. The van der Waals surface area contributed by atoms with Crippen LogP contribution in [0.4, 0.5) is 0 Å². The van der Waals surface area contributed by atoms with Gasteiger partial charge in [0.15, 0.2) is 0 Å². The maximum absolute atomic E-state index is 10.6. The molecule has 0 spiro atoms. The van der Waals surface area contributed by atoms with Gasteiger partial charge in [0, 0.05) is 6.04 Å². The molecule has 1 aromatic rings. The van der Waals surface area contributed by atoms with Crippen LogP contribution in [-0.4, -0.2) is 17.2 Å². The number of hydrogen-bond acceptors (Lipinski definition) is 3. The number of nitrogens with two attached hydrogens (primary N) is 1. The summed E-state index contributed by atoms with van der Waals surface area (Å²) in [5, 5.41) is 9.21. The van der Waals surface area contributed by atoms with Crippen molar-refractivity contribution in [1.29, 1.82) is 0 Å². The van der Waals surface area contributed by atoms with E-state index in [1.54, 1.807) is 18.2 Å². The van der Waals surface area contributed by atoms with Gasteiger partial charge in [0.05, 0.1) is 17.5 Å². The number of carboxylic acid groups (broad SMARTS) is 1. The smallest absolute Gasteiger partial charge is 0.305 e. The standard InChI is InChI=1S/C14H18ClNO3/c15-11-7-9(12(16)8-14(17)18)5-6-13(11)19-10-3-1-2-4-10/h5-7,10,12H,1-4,8,16H2,(H,17,18). The van der Waals surface area contributed by atoms with Crippen molar-refractivity contribution in [1.82, 2.24) is 0 Å². The van der Waals surface area contributed by atoms with Gasteiger partial charge in [-0.25, -0.2) is 0 Å². The maximum Gasteiger partial charge on any atom is 0.305 e. The molecule has 0 aromatic heterocycles. The predicted octanol–water partition coefficient (Wildman–Crippen LogP) is 3.14. The fourth-order valence-corrected chi connectivity index (χ4v) is 2.57. The third kappa shape index (κ3) is 3.85. The van der Waals surface area contributed by atoms with Crippen LogP contribution in [0.1, 0.15) is 43.7 Å². The number of aliphatic carboxylic acids is 1. The average Bonchev–Trinajstić information content (AvgIpc) is 2.83.